The van der Waals surface area contributed by atoms with Crippen molar-refractivity contribution in [2.45, 2.75) is 26.0 Å². The van der Waals surface area contributed by atoms with Crippen molar-refractivity contribution in [3.8, 4) is 0 Å². The van der Waals surface area contributed by atoms with Gasteiger partial charge in [-0.15, -0.1) is 11.3 Å². The number of fused-ring (bicyclic) bond motifs is 1. The normalized spacial score (nSPS) is 21.0. The van der Waals surface area contributed by atoms with E-state index in [0.29, 0.717) is 24.2 Å². The Hall–Kier alpha value is -2.83. The second-order valence-electron chi connectivity index (χ2n) is 7.30. The zero-order valence-electron chi connectivity index (χ0n) is 17.0. The summed E-state index contributed by atoms with van der Waals surface area (Å²) in [7, 11) is 0. The first-order chi connectivity index (χ1) is 14.8. The van der Waals surface area contributed by atoms with Crippen molar-refractivity contribution < 1.29 is 33.9 Å². The van der Waals surface area contributed by atoms with E-state index in [2.05, 4.69) is 32.6 Å². The number of thiophene rings is 1. The Morgan fingerprint density at radius 1 is 1.23 bits per heavy atom. The summed E-state index contributed by atoms with van der Waals surface area (Å²) in [6, 6.07) is 4.26. The number of carboxylic acid groups (broad SMARTS) is 2. The van der Waals surface area contributed by atoms with Crippen LogP contribution in [0.3, 0.4) is 0 Å². The van der Waals surface area contributed by atoms with E-state index >= 15 is 0 Å². The maximum atomic E-state index is 12.5. The number of carbonyl (C=O) groups excluding carboxylic acids is 1. The van der Waals surface area contributed by atoms with Crippen LogP contribution in [0.15, 0.2) is 22.0 Å². The molecular weight excluding hydrogens is 428 g/mol. The summed E-state index contributed by atoms with van der Waals surface area (Å²) < 4.78 is 11.1. The van der Waals surface area contributed by atoms with Crippen LogP contribution in [-0.2, 0) is 32.1 Å². The molecule has 2 atom stereocenters. The van der Waals surface area contributed by atoms with Gasteiger partial charge in [0, 0.05) is 43.5 Å². The average Bonchev–Trinajstić information content (AvgIpc) is 3.43. The highest BCUT2D eigenvalue weighted by atomic mass is 32.1. The van der Waals surface area contributed by atoms with Gasteiger partial charge in [-0.1, -0.05) is 11.2 Å². The Bertz CT molecular complexity index is 889. The third-order valence-corrected chi connectivity index (χ3v) is 5.84. The van der Waals surface area contributed by atoms with E-state index in [1.807, 2.05) is 4.90 Å². The number of aliphatic carboxylic acids is 2. The first kappa shape index (κ1) is 22.8. The molecule has 2 aliphatic rings. The van der Waals surface area contributed by atoms with Gasteiger partial charge >= 0.3 is 11.9 Å². The van der Waals surface area contributed by atoms with E-state index in [0.717, 1.165) is 32.8 Å². The molecular formula is C19H24N4O7S. The molecule has 4 rings (SSSR count). The van der Waals surface area contributed by atoms with Crippen molar-refractivity contribution in [3.63, 3.8) is 0 Å². The van der Waals surface area contributed by atoms with Crippen molar-refractivity contribution in [1.29, 1.82) is 0 Å². The van der Waals surface area contributed by atoms with Gasteiger partial charge in [0.05, 0.1) is 12.7 Å². The number of likely N-dealkylation sites (tertiary alicyclic amines) is 1. The number of rotatable bonds is 4. The van der Waals surface area contributed by atoms with Gasteiger partial charge in [0.25, 0.3) is 0 Å². The summed E-state index contributed by atoms with van der Waals surface area (Å²) in [6.45, 7) is 6.73. The largest absolute Gasteiger partial charge is 0.473 e. The van der Waals surface area contributed by atoms with E-state index in [1.165, 1.54) is 4.88 Å². The number of hydrogen-bond acceptors (Lipinski definition) is 9. The van der Waals surface area contributed by atoms with Gasteiger partial charge in [0.1, 0.15) is 6.42 Å². The molecule has 31 heavy (non-hydrogen) atoms. The van der Waals surface area contributed by atoms with Gasteiger partial charge in [-0.25, -0.2) is 9.59 Å². The van der Waals surface area contributed by atoms with E-state index in [-0.39, 0.29) is 18.4 Å². The van der Waals surface area contributed by atoms with Crippen LogP contribution in [0.5, 0.6) is 0 Å². The fraction of sp³-hybridized carbons (Fsp3) is 0.526. The molecule has 168 valence electrons. The molecule has 12 heteroatoms. The molecule has 0 saturated carbocycles. The Morgan fingerprint density at radius 2 is 2.00 bits per heavy atom. The molecule has 0 radical (unpaired) electrons. The molecule has 2 N–H and O–H groups in total. The minimum absolute atomic E-state index is 0.0325. The van der Waals surface area contributed by atoms with E-state index in [9.17, 15) is 4.79 Å². The van der Waals surface area contributed by atoms with Crippen LogP contribution in [0.2, 0.25) is 0 Å². The first-order valence-corrected chi connectivity index (χ1v) is 10.6. The number of amides is 1. The average molecular weight is 452 g/mol. The number of aromatic nitrogens is 2. The Labute approximate surface area is 182 Å². The zero-order valence-corrected chi connectivity index (χ0v) is 17.8. The number of carbonyl (C=O) groups is 3. The number of nitrogens with zero attached hydrogens (tertiary/aromatic N) is 4. The molecule has 1 amide bonds. The smallest absolute Gasteiger partial charge is 0.414 e. The van der Waals surface area contributed by atoms with Crippen LogP contribution in [-0.4, -0.2) is 86.9 Å². The standard InChI is InChI=1S/C17H22N4O3S.C2H2O4/c1-12-18-16(24-19-12)7-17(22)21-9-13-8-20(4-5-23-15(13)11-21)10-14-3-2-6-25-14;3-1(4)2(5)6/h2-3,6,13,15H,4-5,7-11H2,1H3;(H,3,4)(H,5,6)/t13-,15+;/m0./s1. The number of aryl methyl sites for hydroxylation is 1. The predicted molar refractivity (Wildman–Crippen MR) is 107 cm³/mol. The molecule has 2 aromatic heterocycles. The Kier molecular flexibility index (Phi) is 7.71. The van der Waals surface area contributed by atoms with Crippen LogP contribution in [0.1, 0.15) is 16.6 Å². The van der Waals surface area contributed by atoms with E-state index in [4.69, 9.17) is 29.1 Å². The molecule has 2 saturated heterocycles. The van der Waals surface area contributed by atoms with Crippen molar-refractivity contribution in [2.24, 2.45) is 5.92 Å². The second-order valence-corrected chi connectivity index (χ2v) is 8.34. The first-order valence-electron chi connectivity index (χ1n) is 9.71. The topological polar surface area (TPSA) is 146 Å². The second kappa shape index (κ2) is 10.5. The molecule has 0 bridgehead atoms. The van der Waals surface area contributed by atoms with Crippen molar-refractivity contribution in [2.75, 3.05) is 32.8 Å². The van der Waals surface area contributed by atoms with Crippen LogP contribution >= 0.6 is 11.3 Å². The maximum Gasteiger partial charge on any atom is 0.414 e. The molecule has 4 heterocycles. The molecule has 2 aliphatic heterocycles. The fourth-order valence-corrected chi connectivity index (χ4v) is 4.33. The van der Waals surface area contributed by atoms with Gasteiger partial charge in [-0.3, -0.25) is 9.69 Å². The van der Waals surface area contributed by atoms with Gasteiger partial charge in [0.15, 0.2) is 5.82 Å². The van der Waals surface area contributed by atoms with E-state index < -0.39 is 11.9 Å². The molecule has 0 unspecified atom stereocenters. The van der Waals surface area contributed by atoms with Gasteiger partial charge in [0.2, 0.25) is 11.8 Å². The minimum Gasteiger partial charge on any atom is -0.473 e. The number of ether oxygens (including phenoxy) is 1. The highest BCUT2D eigenvalue weighted by Gasteiger charge is 2.38. The van der Waals surface area contributed by atoms with Crippen LogP contribution < -0.4 is 0 Å². The summed E-state index contributed by atoms with van der Waals surface area (Å²) in [6.07, 6.45) is 0.292. The van der Waals surface area contributed by atoms with Crippen LogP contribution in [0.25, 0.3) is 0 Å². The SMILES string of the molecule is Cc1noc(CC(=O)N2C[C@@H]3CN(Cc4cccs4)CCO[C@@H]3C2)n1.O=C(O)C(=O)O. The predicted octanol–water partition coefficient (Wildman–Crippen LogP) is 0.497. The molecule has 2 fully saturated rings. The van der Waals surface area contributed by atoms with Gasteiger partial charge in [-0.2, -0.15) is 4.98 Å². The molecule has 0 aliphatic carbocycles. The third kappa shape index (κ3) is 6.57. The van der Waals surface area contributed by atoms with Crippen LogP contribution in [0.4, 0.5) is 0 Å². The Morgan fingerprint density at radius 3 is 2.61 bits per heavy atom. The van der Waals surface area contributed by atoms with Gasteiger partial charge < -0.3 is 24.4 Å². The highest BCUT2D eigenvalue weighted by Crippen LogP contribution is 2.25. The number of hydrogen-bond donors (Lipinski definition) is 2. The lowest BCUT2D eigenvalue weighted by Gasteiger charge is -2.22. The lowest BCUT2D eigenvalue weighted by Crippen LogP contribution is -2.34. The fourth-order valence-electron chi connectivity index (χ4n) is 3.58. The quantitative estimate of drug-likeness (QED) is 0.629. The zero-order chi connectivity index (χ0) is 22.4. The third-order valence-electron chi connectivity index (χ3n) is 4.98. The lowest BCUT2D eigenvalue weighted by atomic mass is 10.1. The van der Waals surface area contributed by atoms with Crippen LogP contribution in [0, 0.1) is 12.8 Å². The summed E-state index contributed by atoms with van der Waals surface area (Å²) in [4.78, 5) is 40.5. The minimum atomic E-state index is -1.82. The van der Waals surface area contributed by atoms with Crippen molar-refractivity contribution in [3.05, 3.63) is 34.1 Å². The lowest BCUT2D eigenvalue weighted by molar-refractivity contribution is -0.159. The van der Waals surface area contributed by atoms with Gasteiger partial charge in [-0.05, 0) is 18.4 Å². The molecule has 2 aromatic rings. The monoisotopic (exact) mass is 452 g/mol. The number of carboxylic acids is 2. The highest BCUT2D eigenvalue weighted by molar-refractivity contribution is 7.09. The maximum absolute atomic E-state index is 12.5. The summed E-state index contributed by atoms with van der Waals surface area (Å²) in [5.74, 6) is -2.32. The summed E-state index contributed by atoms with van der Waals surface area (Å²) in [5.41, 5.74) is 0. The van der Waals surface area contributed by atoms with E-state index in [1.54, 1.807) is 18.3 Å². The summed E-state index contributed by atoms with van der Waals surface area (Å²) in [5, 5.41) is 20.6. The molecule has 0 aromatic carbocycles. The van der Waals surface area contributed by atoms with Crippen molar-refractivity contribution in [1.82, 2.24) is 19.9 Å². The Balaban J connectivity index is 0.000000401. The van der Waals surface area contributed by atoms with Crippen molar-refractivity contribution >= 4 is 29.2 Å². The molecule has 11 nitrogen and oxygen atoms in total. The molecule has 0 spiro atoms. The summed E-state index contributed by atoms with van der Waals surface area (Å²) >= 11 is 1.79.